The first-order valence-corrected chi connectivity index (χ1v) is 8.56. The molecule has 7 nitrogen and oxygen atoms in total. The normalized spacial score (nSPS) is 21.3. The van der Waals surface area contributed by atoms with Gasteiger partial charge in [0, 0.05) is 25.7 Å². The van der Waals surface area contributed by atoms with Crippen molar-refractivity contribution in [3.8, 4) is 0 Å². The molecule has 1 aromatic rings. The van der Waals surface area contributed by atoms with Gasteiger partial charge < -0.3 is 14.2 Å². The van der Waals surface area contributed by atoms with Gasteiger partial charge in [-0.1, -0.05) is 0 Å². The summed E-state index contributed by atoms with van der Waals surface area (Å²) < 4.78 is 17.0. The van der Waals surface area contributed by atoms with Gasteiger partial charge in [-0.25, -0.2) is 4.79 Å². The number of nitrogens with zero attached hydrogens (tertiary/aromatic N) is 1. The molecule has 0 N–H and O–H groups in total. The highest BCUT2D eigenvalue weighted by Crippen LogP contribution is 2.35. The van der Waals surface area contributed by atoms with E-state index in [2.05, 4.69) is 0 Å². The number of hydrogen-bond donors (Lipinski definition) is 0. The smallest absolute Gasteiger partial charge is 0.340 e. The van der Waals surface area contributed by atoms with Gasteiger partial charge in [-0.05, 0) is 57.4 Å². The van der Waals surface area contributed by atoms with E-state index in [1.165, 1.54) is 19.2 Å². The number of ether oxygens (including phenoxy) is 3. The van der Waals surface area contributed by atoms with Crippen LogP contribution >= 0.6 is 0 Å². The average molecular weight is 363 g/mol. The molecule has 1 fully saturated rings. The minimum Gasteiger partial charge on any atom is -0.456 e. The Morgan fingerprint density at radius 2 is 1.92 bits per heavy atom. The van der Waals surface area contributed by atoms with Crippen molar-refractivity contribution in [2.75, 3.05) is 13.7 Å². The number of rotatable bonds is 5. The SMILES string of the molecule is COC1(/C(=C/c2ccc([N+](=O)[O-])cc2)C(=O)OC(C)(C)C)CCCCO1. The second-order valence-corrected chi connectivity index (χ2v) is 7.17. The van der Waals surface area contributed by atoms with Crippen molar-refractivity contribution in [1.82, 2.24) is 0 Å². The minimum atomic E-state index is -1.18. The summed E-state index contributed by atoms with van der Waals surface area (Å²) in [6.07, 6.45) is 3.90. The number of methoxy groups -OCH3 is 1. The Morgan fingerprint density at radius 1 is 1.27 bits per heavy atom. The van der Waals surface area contributed by atoms with Gasteiger partial charge in [-0.2, -0.15) is 0 Å². The molecule has 0 saturated carbocycles. The fourth-order valence-corrected chi connectivity index (χ4v) is 2.77. The number of nitro benzene ring substituents is 1. The van der Waals surface area contributed by atoms with Crippen LogP contribution < -0.4 is 0 Å². The summed E-state index contributed by atoms with van der Waals surface area (Å²) in [5.74, 6) is -1.71. The molecule has 2 rings (SSSR count). The molecule has 0 bridgehead atoms. The first-order chi connectivity index (χ1) is 12.2. The van der Waals surface area contributed by atoms with E-state index in [-0.39, 0.29) is 11.3 Å². The van der Waals surface area contributed by atoms with Crippen LogP contribution in [-0.2, 0) is 19.0 Å². The number of hydrogen-bond acceptors (Lipinski definition) is 6. The molecular formula is C19H25NO6. The van der Waals surface area contributed by atoms with Crippen LogP contribution in [0.15, 0.2) is 29.8 Å². The monoisotopic (exact) mass is 363 g/mol. The van der Waals surface area contributed by atoms with E-state index in [1.54, 1.807) is 39.0 Å². The van der Waals surface area contributed by atoms with Gasteiger partial charge in [-0.3, -0.25) is 10.1 Å². The lowest BCUT2D eigenvalue weighted by atomic mass is 9.94. The van der Waals surface area contributed by atoms with Crippen LogP contribution in [0.3, 0.4) is 0 Å². The number of esters is 1. The second kappa shape index (κ2) is 7.97. The van der Waals surface area contributed by atoms with E-state index in [1.807, 2.05) is 0 Å². The molecule has 26 heavy (non-hydrogen) atoms. The van der Waals surface area contributed by atoms with Crippen molar-refractivity contribution in [2.45, 2.75) is 51.4 Å². The van der Waals surface area contributed by atoms with Gasteiger partial charge in [0.15, 0.2) is 0 Å². The topological polar surface area (TPSA) is 87.9 Å². The Hall–Kier alpha value is -2.25. The summed E-state index contributed by atoms with van der Waals surface area (Å²) in [5.41, 5.74) is 0.191. The lowest BCUT2D eigenvalue weighted by Crippen LogP contribution is -2.44. The molecule has 0 aromatic heterocycles. The summed E-state index contributed by atoms with van der Waals surface area (Å²) in [4.78, 5) is 23.2. The van der Waals surface area contributed by atoms with E-state index in [0.29, 0.717) is 18.6 Å². The molecule has 0 spiro atoms. The molecule has 1 aliphatic heterocycles. The van der Waals surface area contributed by atoms with Crippen molar-refractivity contribution >= 4 is 17.7 Å². The van der Waals surface area contributed by atoms with Crippen molar-refractivity contribution in [3.05, 3.63) is 45.5 Å². The van der Waals surface area contributed by atoms with E-state index in [9.17, 15) is 14.9 Å². The zero-order valence-electron chi connectivity index (χ0n) is 15.6. The fraction of sp³-hybridized carbons (Fsp3) is 0.526. The Bertz CT molecular complexity index is 681. The molecule has 1 aromatic carbocycles. The number of carbonyl (C=O) groups excluding carboxylic acids is 1. The van der Waals surface area contributed by atoms with Crippen molar-refractivity contribution in [3.63, 3.8) is 0 Å². The predicted molar refractivity (Wildman–Crippen MR) is 96.5 cm³/mol. The molecule has 0 amide bonds. The van der Waals surface area contributed by atoms with E-state index in [0.717, 1.165) is 12.8 Å². The Kier molecular flexibility index (Phi) is 6.15. The minimum absolute atomic E-state index is 0.0173. The number of benzene rings is 1. The molecule has 1 unspecified atom stereocenters. The highest BCUT2D eigenvalue weighted by atomic mass is 16.7. The molecule has 1 atom stereocenters. The molecular weight excluding hydrogens is 338 g/mol. The van der Waals surface area contributed by atoms with E-state index in [4.69, 9.17) is 14.2 Å². The van der Waals surface area contributed by atoms with Crippen LogP contribution in [-0.4, -0.2) is 36.0 Å². The molecule has 1 saturated heterocycles. The van der Waals surface area contributed by atoms with E-state index < -0.39 is 22.3 Å². The lowest BCUT2D eigenvalue weighted by molar-refractivity contribution is -0.384. The Morgan fingerprint density at radius 3 is 2.38 bits per heavy atom. The maximum atomic E-state index is 12.8. The van der Waals surface area contributed by atoms with Crippen LogP contribution in [0, 0.1) is 10.1 Å². The number of nitro groups is 1. The van der Waals surface area contributed by atoms with Gasteiger partial charge in [0.05, 0.1) is 17.1 Å². The highest BCUT2D eigenvalue weighted by molar-refractivity contribution is 5.96. The fourth-order valence-electron chi connectivity index (χ4n) is 2.77. The number of non-ortho nitro benzene ring substituents is 1. The van der Waals surface area contributed by atoms with Crippen molar-refractivity contribution in [1.29, 1.82) is 0 Å². The standard InChI is InChI=1S/C19H25NO6/c1-18(2,3)26-17(21)16(19(24-4)11-5-6-12-25-19)13-14-7-9-15(10-8-14)20(22)23/h7-10,13H,5-6,11-12H2,1-4H3/b16-13+. The van der Waals surface area contributed by atoms with Crippen LogP contribution in [0.25, 0.3) is 6.08 Å². The van der Waals surface area contributed by atoms with Crippen molar-refractivity contribution in [2.24, 2.45) is 0 Å². The van der Waals surface area contributed by atoms with Gasteiger partial charge in [0.2, 0.25) is 5.79 Å². The molecule has 0 radical (unpaired) electrons. The van der Waals surface area contributed by atoms with Crippen LogP contribution in [0.2, 0.25) is 0 Å². The molecule has 1 aliphatic rings. The molecule has 1 heterocycles. The quantitative estimate of drug-likeness (QED) is 0.342. The van der Waals surface area contributed by atoms with Gasteiger partial charge in [-0.15, -0.1) is 0 Å². The maximum absolute atomic E-state index is 12.8. The first-order valence-electron chi connectivity index (χ1n) is 8.56. The highest BCUT2D eigenvalue weighted by Gasteiger charge is 2.42. The molecule has 142 valence electrons. The molecule has 0 aliphatic carbocycles. The van der Waals surface area contributed by atoms with Gasteiger partial charge in [0.25, 0.3) is 5.69 Å². The maximum Gasteiger partial charge on any atom is 0.340 e. The summed E-state index contributed by atoms with van der Waals surface area (Å²) in [5, 5.41) is 10.8. The largest absolute Gasteiger partial charge is 0.456 e. The van der Waals surface area contributed by atoms with E-state index >= 15 is 0 Å². The summed E-state index contributed by atoms with van der Waals surface area (Å²) in [7, 11) is 1.50. The van der Waals surface area contributed by atoms with Crippen LogP contribution in [0.1, 0.15) is 45.6 Å². The third kappa shape index (κ3) is 4.89. The second-order valence-electron chi connectivity index (χ2n) is 7.17. The Balaban J connectivity index is 2.44. The number of carbonyl (C=O) groups is 1. The first kappa shape index (κ1) is 20.1. The summed E-state index contributed by atoms with van der Waals surface area (Å²) in [6.45, 7) is 5.84. The average Bonchev–Trinajstić information content (AvgIpc) is 2.59. The third-order valence-corrected chi connectivity index (χ3v) is 4.01. The molecule has 7 heteroatoms. The third-order valence-electron chi connectivity index (χ3n) is 4.01. The summed E-state index contributed by atoms with van der Waals surface area (Å²) >= 11 is 0. The lowest BCUT2D eigenvalue weighted by Gasteiger charge is -2.37. The van der Waals surface area contributed by atoms with Crippen LogP contribution in [0.4, 0.5) is 5.69 Å². The zero-order valence-corrected chi connectivity index (χ0v) is 15.6. The van der Waals surface area contributed by atoms with Crippen molar-refractivity contribution < 1.29 is 23.9 Å². The van der Waals surface area contributed by atoms with Gasteiger partial charge >= 0.3 is 5.97 Å². The van der Waals surface area contributed by atoms with Gasteiger partial charge in [0.1, 0.15) is 5.60 Å². The van der Waals surface area contributed by atoms with Crippen LogP contribution in [0.5, 0.6) is 0 Å². The summed E-state index contributed by atoms with van der Waals surface area (Å²) in [6, 6.07) is 5.93. The zero-order chi connectivity index (χ0) is 19.4. The predicted octanol–water partition coefficient (Wildman–Crippen LogP) is 3.86. The Labute approximate surface area is 153 Å².